The number of rotatable bonds is 7. The van der Waals surface area contributed by atoms with Crippen LogP contribution in [-0.4, -0.2) is 53.0 Å². The highest BCUT2D eigenvalue weighted by Gasteiger charge is 2.21. The summed E-state index contributed by atoms with van der Waals surface area (Å²) in [6.07, 6.45) is -0.170. The zero-order valence-electron chi connectivity index (χ0n) is 19.1. The maximum Gasteiger partial charge on any atom is 0.323 e. The molecule has 1 aromatic heterocycles. The fourth-order valence-electron chi connectivity index (χ4n) is 3.27. The van der Waals surface area contributed by atoms with E-state index in [1.807, 2.05) is 0 Å². The number of esters is 1. The van der Waals surface area contributed by atoms with Crippen molar-refractivity contribution in [3.05, 3.63) is 64.3 Å². The van der Waals surface area contributed by atoms with Gasteiger partial charge in [0.2, 0.25) is 0 Å². The topological polar surface area (TPSA) is 121 Å². The monoisotopic (exact) mass is 506 g/mol. The summed E-state index contributed by atoms with van der Waals surface area (Å²) in [6, 6.07) is 11.3. The van der Waals surface area contributed by atoms with Crippen LogP contribution in [0.15, 0.2) is 42.5 Å². The molecule has 0 aliphatic carbocycles. The number of hydrogen-bond acceptors (Lipinski definition) is 7. The molecule has 0 saturated heterocycles. The van der Waals surface area contributed by atoms with E-state index in [0.717, 1.165) is 0 Å². The molecular formula is C24H27ClN2O6S. The number of ether oxygens (including phenoxy) is 2. The Bertz CT molecular complexity index is 1180. The van der Waals surface area contributed by atoms with Crippen molar-refractivity contribution in [3.63, 3.8) is 0 Å². The number of carbonyl (C=O) groups is 3. The first-order chi connectivity index (χ1) is 16.1. The number of carboxylic acid groups (broad SMARTS) is 1. The average Bonchev–Trinajstić information content (AvgIpc) is 3.09. The molecule has 0 aliphatic rings. The molecule has 0 spiro atoms. The lowest BCUT2D eigenvalue weighted by Crippen LogP contribution is -2.33. The number of thiol groups is 1. The SMILES string of the molecule is CCOC(=O)[C@@H](N)CS.COc1ccc2c(c1)c(CC(=O)O)c(C)n2C(=O)c1ccc(Cl)cc1. The van der Waals surface area contributed by atoms with Crippen molar-refractivity contribution in [1.29, 1.82) is 0 Å². The second-order valence-corrected chi connectivity index (χ2v) is 8.01. The fraction of sp³-hybridized carbons (Fsp3) is 0.292. The molecule has 3 aromatic rings. The Kier molecular flexibility index (Phi) is 9.97. The third kappa shape index (κ3) is 6.53. The third-order valence-electron chi connectivity index (χ3n) is 4.95. The van der Waals surface area contributed by atoms with Gasteiger partial charge in [0.15, 0.2) is 0 Å². The molecule has 10 heteroatoms. The number of aromatic nitrogens is 1. The van der Waals surface area contributed by atoms with Gasteiger partial charge in [-0.05, 0) is 61.9 Å². The van der Waals surface area contributed by atoms with Crippen molar-refractivity contribution in [2.45, 2.75) is 26.3 Å². The number of hydrogen-bond donors (Lipinski definition) is 3. The Hall–Kier alpha value is -3.01. The molecule has 3 N–H and O–H groups in total. The molecule has 182 valence electrons. The van der Waals surface area contributed by atoms with E-state index >= 15 is 0 Å². The quantitative estimate of drug-likeness (QED) is 0.329. The van der Waals surface area contributed by atoms with Gasteiger partial charge in [-0.1, -0.05) is 11.6 Å². The number of aliphatic carboxylic acids is 1. The van der Waals surface area contributed by atoms with Crippen LogP contribution < -0.4 is 10.5 Å². The smallest absolute Gasteiger partial charge is 0.323 e. The minimum atomic E-state index is -0.955. The van der Waals surface area contributed by atoms with Crippen LogP contribution in [0.25, 0.3) is 10.9 Å². The molecule has 0 bridgehead atoms. The molecule has 0 amide bonds. The van der Waals surface area contributed by atoms with Gasteiger partial charge in [-0.2, -0.15) is 12.6 Å². The number of nitrogens with two attached hydrogens (primary N) is 1. The molecule has 1 heterocycles. The Morgan fingerprint density at radius 1 is 1.18 bits per heavy atom. The maximum absolute atomic E-state index is 13.0. The summed E-state index contributed by atoms with van der Waals surface area (Å²) in [5.41, 5.74) is 7.58. The highest BCUT2D eigenvalue weighted by atomic mass is 35.5. The highest BCUT2D eigenvalue weighted by molar-refractivity contribution is 7.80. The van der Waals surface area contributed by atoms with E-state index in [4.69, 9.17) is 22.1 Å². The molecule has 34 heavy (non-hydrogen) atoms. The summed E-state index contributed by atoms with van der Waals surface area (Å²) >= 11 is 9.71. The van der Waals surface area contributed by atoms with Crippen LogP contribution in [0.4, 0.5) is 0 Å². The van der Waals surface area contributed by atoms with Crippen molar-refractivity contribution in [1.82, 2.24) is 4.57 Å². The van der Waals surface area contributed by atoms with Crippen LogP contribution in [0.2, 0.25) is 5.02 Å². The number of nitrogens with zero attached hydrogens (tertiary/aromatic N) is 1. The van der Waals surface area contributed by atoms with Gasteiger partial charge in [0, 0.05) is 27.4 Å². The molecule has 3 rings (SSSR count). The van der Waals surface area contributed by atoms with E-state index in [1.54, 1.807) is 63.4 Å². The normalized spacial score (nSPS) is 11.4. The lowest BCUT2D eigenvalue weighted by atomic mass is 10.1. The van der Waals surface area contributed by atoms with Gasteiger partial charge in [-0.3, -0.25) is 19.0 Å². The second-order valence-electron chi connectivity index (χ2n) is 7.21. The Balaban J connectivity index is 0.000000387. The zero-order chi connectivity index (χ0) is 25.4. The lowest BCUT2D eigenvalue weighted by Gasteiger charge is -2.08. The van der Waals surface area contributed by atoms with E-state index < -0.39 is 12.0 Å². The molecule has 0 unspecified atom stereocenters. The summed E-state index contributed by atoms with van der Waals surface area (Å²) < 4.78 is 11.4. The van der Waals surface area contributed by atoms with Gasteiger partial charge in [0.05, 0.1) is 25.7 Å². The standard InChI is InChI=1S/C19H16ClNO4.C5H11NO2S/c1-11-15(10-18(22)23)16-9-14(25-2)7-8-17(16)21(11)19(24)12-3-5-13(20)6-4-12;1-2-8-5(7)4(6)3-9/h3-9H,10H2,1-2H3,(H,22,23);4,9H,2-3,6H2,1H3/t;4-/m.0/s1. The Morgan fingerprint density at radius 2 is 1.82 bits per heavy atom. The van der Waals surface area contributed by atoms with Gasteiger partial charge in [0.1, 0.15) is 11.8 Å². The van der Waals surface area contributed by atoms with Crippen LogP contribution in [0.3, 0.4) is 0 Å². The van der Waals surface area contributed by atoms with E-state index in [2.05, 4.69) is 17.4 Å². The van der Waals surface area contributed by atoms with E-state index in [1.165, 1.54) is 4.57 Å². The number of carboxylic acids is 1. The van der Waals surface area contributed by atoms with Crippen LogP contribution in [-0.2, 0) is 20.7 Å². The summed E-state index contributed by atoms with van der Waals surface area (Å²) in [5, 5.41) is 10.5. The van der Waals surface area contributed by atoms with Crippen molar-refractivity contribution < 1.29 is 29.0 Å². The van der Waals surface area contributed by atoms with Crippen LogP contribution in [0.5, 0.6) is 5.75 Å². The van der Waals surface area contributed by atoms with E-state index in [0.29, 0.717) is 50.9 Å². The highest BCUT2D eigenvalue weighted by Crippen LogP contribution is 2.30. The summed E-state index contributed by atoms with van der Waals surface area (Å²) in [7, 11) is 1.54. The lowest BCUT2D eigenvalue weighted by molar-refractivity contribution is -0.144. The van der Waals surface area contributed by atoms with E-state index in [9.17, 15) is 19.5 Å². The average molecular weight is 507 g/mol. The molecule has 1 atom stereocenters. The van der Waals surface area contributed by atoms with Gasteiger partial charge >= 0.3 is 11.9 Å². The maximum atomic E-state index is 13.0. The Labute approximate surface area is 208 Å². The predicted molar refractivity (Wildman–Crippen MR) is 134 cm³/mol. The third-order valence-corrected chi connectivity index (χ3v) is 5.60. The summed E-state index contributed by atoms with van der Waals surface area (Å²) in [4.78, 5) is 34.8. The first-order valence-corrected chi connectivity index (χ1v) is 11.4. The minimum Gasteiger partial charge on any atom is -0.497 e. The zero-order valence-corrected chi connectivity index (χ0v) is 20.7. The number of methoxy groups -OCH3 is 1. The summed E-state index contributed by atoms with van der Waals surface area (Å²) in [5.74, 6) is -0.633. The van der Waals surface area contributed by atoms with Gasteiger partial charge < -0.3 is 20.3 Å². The Morgan fingerprint density at radius 3 is 2.35 bits per heavy atom. The van der Waals surface area contributed by atoms with Gasteiger partial charge in [-0.25, -0.2) is 0 Å². The number of halogens is 1. The fourth-order valence-corrected chi connectivity index (χ4v) is 3.55. The predicted octanol–water partition coefficient (Wildman–Crippen LogP) is 3.73. The van der Waals surface area contributed by atoms with E-state index in [-0.39, 0.29) is 18.3 Å². The number of carbonyl (C=O) groups excluding carboxylic acids is 2. The van der Waals surface area contributed by atoms with Gasteiger partial charge in [0.25, 0.3) is 5.91 Å². The number of fused-ring (bicyclic) bond motifs is 1. The molecule has 0 fully saturated rings. The van der Waals surface area contributed by atoms with Crippen molar-refractivity contribution in [2.75, 3.05) is 19.5 Å². The van der Waals surface area contributed by atoms with Crippen LogP contribution in [0, 0.1) is 6.92 Å². The van der Waals surface area contributed by atoms with Crippen molar-refractivity contribution >= 4 is 53.0 Å². The van der Waals surface area contributed by atoms with Crippen molar-refractivity contribution in [2.24, 2.45) is 5.73 Å². The molecular weight excluding hydrogens is 480 g/mol. The first kappa shape index (κ1) is 27.2. The number of benzene rings is 2. The second kappa shape index (κ2) is 12.5. The molecule has 0 aliphatic heterocycles. The molecule has 0 radical (unpaired) electrons. The molecule has 0 saturated carbocycles. The van der Waals surface area contributed by atoms with Crippen molar-refractivity contribution in [3.8, 4) is 5.75 Å². The van der Waals surface area contributed by atoms with Crippen LogP contribution >= 0.6 is 24.2 Å². The minimum absolute atomic E-state index is 0.170. The molecule has 2 aromatic carbocycles. The van der Waals surface area contributed by atoms with Gasteiger partial charge in [-0.15, -0.1) is 0 Å². The largest absolute Gasteiger partial charge is 0.497 e. The first-order valence-electron chi connectivity index (χ1n) is 10.4. The summed E-state index contributed by atoms with van der Waals surface area (Å²) in [6.45, 7) is 3.86. The van der Waals surface area contributed by atoms with Crippen LogP contribution in [0.1, 0.15) is 28.5 Å². The molecule has 8 nitrogen and oxygen atoms in total.